The first-order valence-corrected chi connectivity index (χ1v) is 8.45. The highest BCUT2D eigenvalue weighted by atomic mass is 35.5. The van der Waals surface area contributed by atoms with E-state index in [9.17, 15) is 0 Å². The van der Waals surface area contributed by atoms with Crippen LogP contribution in [-0.4, -0.2) is 35.4 Å². The van der Waals surface area contributed by atoms with Crippen molar-refractivity contribution in [2.24, 2.45) is 0 Å². The molecule has 7 nitrogen and oxygen atoms in total. The average molecular weight is 374 g/mol. The SMILES string of the molecule is CCc1nn(Cc2c(Cl)cccc2Cl)c2cc(-c3nnn[nH]3)cnc12. The normalized spacial score (nSPS) is 11.3. The van der Waals surface area contributed by atoms with Crippen molar-refractivity contribution in [3.05, 3.63) is 51.8 Å². The first-order valence-electron chi connectivity index (χ1n) is 7.69. The molecule has 3 aromatic heterocycles. The smallest absolute Gasteiger partial charge is 0.181 e. The van der Waals surface area contributed by atoms with Crippen molar-refractivity contribution in [1.29, 1.82) is 0 Å². The Kier molecular flexibility index (Phi) is 4.10. The minimum absolute atomic E-state index is 0.453. The fourth-order valence-corrected chi connectivity index (χ4v) is 3.24. The number of tetrazole rings is 1. The summed E-state index contributed by atoms with van der Waals surface area (Å²) in [5, 5.41) is 19.8. The minimum Gasteiger partial charge on any atom is -0.258 e. The highest BCUT2D eigenvalue weighted by molar-refractivity contribution is 6.36. The van der Waals surface area contributed by atoms with E-state index in [-0.39, 0.29) is 0 Å². The molecule has 0 aliphatic carbocycles. The summed E-state index contributed by atoms with van der Waals surface area (Å²) in [6.07, 6.45) is 2.51. The van der Waals surface area contributed by atoms with Crippen molar-refractivity contribution < 1.29 is 0 Å². The lowest BCUT2D eigenvalue weighted by Crippen LogP contribution is -2.03. The van der Waals surface area contributed by atoms with Crippen LogP contribution in [0.2, 0.25) is 10.0 Å². The van der Waals surface area contributed by atoms with E-state index in [4.69, 9.17) is 23.2 Å². The van der Waals surface area contributed by atoms with E-state index in [2.05, 4.69) is 30.7 Å². The molecule has 4 rings (SSSR count). The predicted molar refractivity (Wildman–Crippen MR) is 95.6 cm³/mol. The van der Waals surface area contributed by atoms with Crippen molar-refractivity contribution >= 4 is 34.2 Å². The van der Waals surface area contributed by atoms with Gasteiger partial charge in [0.1, 0.15) is 5.52 Å². The standard InChI is InChI=1S/C16H13Cl2N7/c1-2-13-15-14(6-9(7-19-15)16-20-23-24-21-16)25(22-13)8-10-11(17)4-3-5-12(10)18/h3-7H,2,8H2,1H3,(H,20,21,23,24). The number of pyridine rings is 1. The number of aromatic nitrogens is 7. The summed E-state index contributed by atoms with van der Waals surface area (Å²) < 4.78 is 1.86. The van der Waals surface area contributed by atoms with Crippen molar-refractivity contribution in [3.8, 4) is 11.4 Å². The second-order valence-electron chi connectivity index (χ2n) is 5.50. The third-order valence-corrected chi connectivity index (χ3v) is 4.69. The lowest BCUT2D eigenvalue weighted by atomic mass is 10.2. The number of hydrogen-bond acceptors (Lipinski definition) is 5. The van der Waals surface area contributed by atoms with Crippen molar-refractivity contribution in [1.82, 2.24) is 35.4 Å². The molecule has 0 saturated carbocycles. The van der Waals surface area contributed by atoms with Gasteiger partial charge in [0.2, 0.25) is 0 Å². The fourth-order valence-electron chi connectivity index (χ4n) is 2.72. The summed E-state index contributed by atoms with van der Waals surface area (Å²) >= 11 is 12.6. The zero-order valence-electron chi connectivity index (χ0n) is 13.2. The first-order chi connectivity index (χ1) is 12.2. The minimum atomic E-state index is 0.453. The lowest BCUT2D eigenvalue weighted by molar-refractivity contribution is 0.696. The van der Waals surface area contributed by atoms with Gasteiger partial charge in [-0.2, -0.15) is 5.10 Å². The molecule has 0 bridgehead atoms. The number of nitrogens with one attached hydrogen (secondary N) is 1. The Morgan fingerprint density at radius 3 is 2.68 bits per heavy atom. The van der Waals surface area contributed by atoms with Gasteiger partial charge >= 0.3 is 0 Å². The molecule has 0 fully saturated rings. The molecule has 0 atom stereocenters. The molecule has 0 unspecified atom stereocenters. The molecule has 25 heavy (non-hydrogen) atoms. The van der Waals surface area contributed by atoms with E-state index in [0.29, 0.717) is 22.4 Å². The van der Waals surface area contributed by atoms with Crippen LogP contribution in [0.4, 0.5) is 0 Å². The zero-order chi connectivity index (χ0) is 17.4. The van der Waals surface area contributed by atoms with Gasteiger partial charge in [-0.15, -0.1) is 5.10 Å². The van der Waals surface area contributed by atoms with Gasteiger partial charge in [0.05, 0.1) is 17.8 Å². The Labute approximate surface area is 153 Å². The monoisotopic (exact) mass is 373 g/mol. The number of H-pyrrole nitrogens is 1. The van der Waals surface area contributed by atoms with E-state index in [0.717, 1.165) is 34.3 Å². The molecule has 0 amide bonds. The molecule has 9 heteroatoms. The van der Waals surface area contributed by atoms with Crippen molar-refractivity contribution in [2.75, 3.05) is 0 Å². The molecule has 0 spiro atoms. The maximum Gasteiger partial charge on any atom is 0.181 e. The molecule has 0 radical (unpaired) electrons. The molecular formula is C16H13Cl2N7. The van der Waals surface area contributed by atoms with Crippen LogP contribution in [0.3, 0.4) is 0 Å². The Balaban J connectivity index is 1.86. The number of aromatic amines is 1. The molecule has 126 valence electrons. The predicted octanol–water partition coefficient (Wildman–Crippen LogP) is 3.53. The highest BCUT2D eigenvalue weighted by Crippen LogP contribution is 2.28. The number of aryl methyl sites for hydroxylation is 1. The molecule has 0 saturated heterocycles. The molecule has 1 aromatic carbocycles. The number of rotatable bonds is 4. The number of nitrogens with zero attached hydrogens (tertiary/aromatic N) is 6. The third-order valence-electron chi connectivity index (χ3n) is 3.98. The van der Waals surface area contributed by atoms with Crippen LogP contribution in [0.15, 0.2) is 30.5 Å². The van der Waals surface area contributed by atoms with E-state index < -0.39 is 0 Å². The molecule has 4 aromatic rings. The third kappa shape index (κ3) is 2.85. The van der Waals surface area contributed by atoms with Crippen LogP contribution in [0.1, 0.15) is 18.2 Å². The van der Waals surface area contributed by atoms with Crippen LogP contribution >= 0.6 is 23.2 Å². The second-order valence-corrected chi connectivity index (χ2v) is 6.31. The number of halogens is 2. The summed E-state index contributed by atoms with van der Waals surface area (Å²) in [7, 11) is 0. The van der Waals surface area contributed by atoms with Crippen LogP contribution < -0.4 is 0 Å². The Morgan fingerprint density at radius 2 is 2.00 bits per heavy atom. The molecule has 0 aliphatic heterocycles. The van der Waals surface area contributed by atoms with E-state index in [1.807, 2.05) is 35.9 Å². The first kappa shape index (κ1) is 16.0. The Bertz CT molecular complexity index is 1020. The van der Waals surface area contributed by atoms with E-state index in [1.54, 1.807) is 6.20 Å². The van der Waals surface area contributed by atoms with Gasteiger partial charge in [-0.1, -0.05) is 36.2 Å². The van der Waals surface area contributed by atoms with Gasteiger partial charge < -0.3 is 0 Å². The maximum atomic E-state index is 6.31. The Hall–Kier alpha value is -2.51. The quantitative estimate of drug-likeness (QED) is 0.591. The summed E-state index contributed by atoms with van der Waals surface area (Å²) in [6.45, 7) is 2.50. The number of fused-ring (bicyclic) bond motifs is 1. The van der Waals surface area contributed by atoms with Gasteiger partial charge in [0.15, 0.2) is 5.82 Å². The highest BCUT2D eigenvalue weighted by Gasteiger charge is 2.15. The van der Waals surface area contributed by atoms with Gasteiger partial charge in [-0.25, -0.2) is 5.10 Å². The van der Waals surface area contributed by atoms with Gasteiger partial charge in [0.25, 0.3) is 0 Å². The van der Waals surface area contributed by atoms with Crippen molar-refractivity contribution in [2.45, 2.75) is 19.9 Å². The topological polar surface area (TPSA) is 85.2 Å². The summed E-state index contributed by atoms with van der Waals surface area (Å²) in [5.41, 5.74) is 4.25. The molecule has 1 N–H and O–H groups in total. The molecule has 3 heterocycles. The largest absolute Gasteiger partial charge is 0.258 e. The van der Waals surface area contributed by atoms with Crippen LogP contribution in [0.25, 0.3) is 22.4 Å². The fraction of sp³-hybridized carbons (Fsp3) is 0.188. The summed E-state index contributed by atoms with van der Waals surface area (Å²) in [4.78, 5) is 4.55. The number of benzene rings is 1. The van der Waals surface area contributed by atoms with Crippen LogP contribution in [0, 0.1) is 0 Å². The van der Waals surface area contributed by atoms with Crippen molar-refractivity contribution in [3.63, 3.8) is 0 Å². The number of hydrogen-bond donors (Lipinski definition) is 1. The second kappa shape index (κ2) is 6.42. The summed E-state index contributed by atoms with van der Waals surface area (Å²) in [5.74, 6) is 0.552. The Morgan fingerprint density at radius 1 is 1.20 bits per heavy atom. The van der Waals surface area contributed by atoms with E-state index in [1.165, 1.54) is 0 Å². The maximum absolute atomic E-state index is 6.31. The van der Waals surface area contributed by atoms with Gasteiger partial charge in [0, 0.05) is 27.4 Å². The van der Waals surface area contributed by atoms with Crippen LogP contribution in [0.5, 0.6) is 0 Å². The molecular weight excluding hydrogens is 361 g/mol. The lowest BCUT2D eigenvalue weighted by Gasteiger charge is -2.08. The zero-order valence-corrected chi connectivity index (χ0v) is 14.8. The molecule has 0 aliphatic rings. The van der Waals surface area contributed by atoms with E-state index >= 15 is 0 Å². The van der Waals surface area contributed by atoms with Gasteiger partial charge in [-0.3, -0.25) is 9.67 Å². The van der Waals surface area contributed by atoms with Crippen LogP contribution in [-0.2, 0) is 13.0 Å². The average Bonchev–Trinajstić information content (AvgIpc) is 3.26. The van der Waals surface area contributed by atoms with Gasteiger partial charge in [-0.05, 0) is 35.0 Å². The summed E-state index contributed by atoms with van der Waals surface area (Å²) in [6, 6.07) is 7.42.